The Hall–Kier alpha value is -2.20. The Morgan fingerprint density at radius 1 is 1.04 bits per heavy atom. The summed E-state index contributed by atoms with van der Waals surface area (Å²) in [6, 6.07) is 15.7. The molecule has 0 radical (unpaired) electrons. The standard InChI is InChI=1S/C22H24FNO2/c23-20-8-6-19(7-9-20)22(26)12-10-18-15-24(13-11-17(18)14-22)21(25)16-4-2-1-3-5-16/h1-9,17-18,26H,10-15H2/t17-,18-,22?/m1/s1. The molecule has 1 N–H and O–H groups in total. The lowest BCUT2D eigenvalue weighted by atomic mass is 9.66. The van der Waals surface area contributed by atoms with Crippen molar-refractivity contribution in [3.63, 3.8) is 0 Å². The van der Waals surface area contributed by atoms with Gasteiger partial charge in [0.1, 0.15) is 5.82 Å². The van der Waals surface area contributed by atoms with Gasteiger partial charge in [-0.3, -0.25) is 4.79 Å². The van der Waals surface area contributed by atoms with Gasteiger partial charge in [-0.15, -0.1) is 0 Å². The molecule has 4 rings (SSSR count). The fraction of sp³-hybridized carbons (Fsp3) is 0.409. The van der Waals surface area contributed by atoms with E-state index >= 15 is 0 Å². The number of hydrogen-bond donors (Lipinski definition) is 1. The SMILES string of the molecule is O=C(c1ccccc1)N1CC[C@@H]2CC(O)(c3ccc(F)cc3)CC[C@@H]2C1. The Morgan fingerprint density at radius 2 is 1.77 bits per heavy atom. The molecule has 0 aromatic heterocycles. The van der Waals surface area contributed by atoms with Crippen LogP contribution in [-0.2, 0) is 5.60 Å². The lowest BCUT2D eigenvalue weighted by Crippen LogP contribution is -2.48. The molecule has 136 valence electrons. The zero-order valence-electron chi connectivity index (χ0n) is 14.8. The quantitative estimate of drug-likeness (QED) is 0.887. The van der Waals surface area contributed by atoms with E-state index in [9.17, 15) is 14.3 Å². The van der Waals surface area contributed by atoms with Crippen LogP contribution in [0.5, 0.6) is 0 Å². The van der Waals surface area contributed by atoms with Crippen LogP contribution in [-0.4, -0.2) is 29.0 Å². The lowest BCUT2D eigenvalue weighted by molar-refractivity contribution is -0.0575. The Kier molecular flexibility index (Phi) is 4.53. The summed E-state index contributed by atoms with van der Waals surface area (Å²) in [6.07, 6.45) is 3.15. The highest BCUT2D eigenvalue weighted by atomic mass is 19.1. The molecule has 1 saturated heterocycles. The second-order valence-electron chi connectivity index (χ2n) is 7.71. The van der Waals surface area contributed by atoms with Crippen LogP contribution >= 0.6 is 0 Å². The summed E-state index contributed by atoms with van der Waals surface area (Å²) in [5, 5.41) is 11.1. The summed E-state index contributed by atoms with van der Waals surface area (Å²) in [5.74, 6) is 0.651. The minimum Gasteiger partial charge on any atom is -0.385 e. The normalized spacial score (nSPS) is 28.5. The number of piperidine rings is 1. The number of carbonyl (C=O) groups is 1. The molecule has 2 aromatic carbocycles. The van der Waals surface area contributed by atoms with E-state index in [1.807, 2.05) is 35.2 Å². The second-order valence-corrected chi connectivity index (χ2v) is 7.71. The van der Waals surface area contributed by atoms with E-state index in [4.69, 9.17) is 0 Å². The van der Waals surface area contributed by atoms with Gasteiger partial charge < -0.3 is 10.0 Å². The van der Waals surface area contributed by atoms with Crippen molar-refractivity contribution in [1.82, 2.24) is 4.90 Å². The fourth-order valence-corrected chi connectivity index (χ4v) is 4.61. The average molecular weight is 353 g/mol. The van der Waals surface area contributed by atoms with Crippen LogP contribution in [0.15, 0.2) is 54.6 Å². The number of benzene rings is 2. The van der Waals surface area contributed by atoms with Gasteiger partial charge in [0.2, 0.25) is 0 Å². The number of aliphatic hydroxyl groups is 1. The molecule has 26 heavy (non-hydrogen) atoms. The van der Waals surface area contributed by atoms with Crippen molar-refractivity contribution in [1.29, 1.82) is 0 Å². The zero-order valence-corrected chi connectivity index (χ0v) is 14.8. The molecule has 1 saturated carbocycles. The van der Waals surface area contributed by atoms with Crippen molar-refractivity contribution in [3.8, 4) is 0 Å². The maximum absolute atomic E-state index is 13.2. The van der Waals surface area contributed by atoms with Crippen molar-refractivity contribution in [2.24, 2.45) is 11.8 Å². The number of hydrogen-bond acceptors (Lipinski definition) is 2. The molecule has 1 amide bonds. The zero-order chi connectivity index (χ0) is 18.1. The summed E-state index contributed by atoms with van der Waals surface area (Å²) in [6.45, 7) is 1.49. The van der Waals surface area contributed by atoms with Gasteiger partial charge in [0.05, 0.1) is 5.60 Å². The van der Waals surface area contributed by atoms with Gasteiger partial charge in [0.25, 0.3) is 5.91 Å². The van der Waals surface area contributed by atoms with Crippen molar-refractivity contribution in [2.75, 3.05) is 13.1 Å². The third-order valence-electron chi connectivity index (χ3n) is 6.11. The van der Waals surface area contributed by atoms with E-state index in [0.717, 1.165) is 37.1 Å². The molecule has 2 aromatic rings. The van der Waals surface area contributed by atoms with Gasteiger partial charge in [-0.2, -0.15) is 0 Å². The first-order valence-electron chi connectivity index (χ1n) is 9.38. The number of likely N-dealkylation sites (tertiary alicyclic amines) is 1. The smallest absolute Gasteiger partial charge is 0.253 e. The van der Waals surface area contributed by atoms with Gasteiger partial charge >= 0.3 is 0 Å². The fourth-order valence-electron chi connectivity index (χ4n) is 4.61. The third kappa shape index (κ3) is 3.26. The summed E-state index contributed by atoms with van der Waals surface area (Å²) in [7, 11) is 0. The lowest BCUT2D eigenvalue weighted by Gasteiger charge is -2.47. The maximum Gasteiger partial charge on any atom is 0.253 e. The first-order chi connectivity index (χ1) is 12.5. The van der Waals surface area contributed by atoms with Crippen molar-refractivity contribution >= 4 is 5.91 Å². The number of carbonyl (C=O) groups excluding carboxylic acids is 1. The van der Waals surface area contributed by atoms with Crippen LogP contribution < -0.4 is 0 Å². The van der Waals surface area contributed by atoms with Crippen LogP contribution in [0.4, 0.5) is 4.39 Å². The molecule has 3 atom stereocenters. The predicted molar refractivity (Wildman–Crippen MR) is 98.1 cm³/mol. The monoisotopic (exact) mass is 353 g/mol. The number of halogens is 1. The molecule has 2 aliphatic rings. The third-order valence-corrected chi connectivity index (χ3v) is 6.11. The first-order valence-corrected chi connectivity index (χ1v) is 9.38. The van der Waals surface area contributed by atoms with Gasteiger partial charge in [-0.25, -0.2) is 4.39 Å². The van der Waals surface area contributed by atoms with Crippen molar-refractivity contribution < 1.29 is 14.3 Å². The van der Waals surface area contributed by atoms with Gasteiger partial charge in [-0.1, -0.05) is 30.3 Å². The van der Waals surface area contributed by atoms with E-state index in [1.54, 1.807) is 12.1 Å². The van der Waals surface area contributed by atoms with E-state index in [1.165, 1.54) is 12.1 Å². The van der Waals surface area contributed by atoms with Crippen LogP contribution in [0, 0.1) is 17.7 Å². The summed E-state index contributed by atoms with van der Waals surface area (Å²) in [4.78, 5) is 14.7. The second kappa shape index (κ2) is 6.84. The number of amides is 1. The average Bonchev–Trinajstić information content (AvgIpc) is 2.68. The number of fused-ring (bicyclic) bond motifs is 1. The van der Waals surface area contributed by atoms with Crippen LogP contribution in [0.2, 0.25) is 0 Å². The molecule has 0 bridgehead atoms. The highest BCUT2D eigenvalue weighted by molar-refractivity contribution is 5.94. The van der Waals surface area contributed by atoms with E-state index in [0.29, 0.717) is 24.7 Å². The molecule has 0 spiro atoms. The van der Waals surface area contributed by atoms with Gasteiger partial charge in [0.15, 0.2) is 0 Å². The molecule has 1 aliphatic heterocycles. The number of nitrogens with zero attached hydrogens (tertiary/aromatic N) is 1. The van der Waals surface area contributed by atoms with E-state index < -0.39 is 5.60 Å². The maximum atomic E-state index is 13.2. The van der Waals surface area contributed by atoms with Crippen molar-refractivity contribution in [3.05, 3.63) is 71.5 Å². The van der Waals surface area contributed by atoms with Crippen LogP contribution in [0.25, 0.3) is 0 Å². The highest BCUT2D eigenvalue weighted by Gasteiger charge is 2.43. The van der Waals surface area contributed by atoms with E-state index in [-0.39, 0.29) is 11.7 Å². The Balaban J connectivity index is 1.44. The molecule has 1 unspecified atom stereocenters. The van der Waals surface area contributed by atoms with Crippen molar-refractivity contribution in [2.45, 2.75) is 31.3 Å². The van der Waals surface area contributed by atoms with Gasteiger partial charge in [0, 0.05) is 18.7 Å². The summed E-state index contributed by atoms with van der Waals surface area (Å²) < 4.78 is 13.2. The molecule has 4 heteroatoms. The molecule has 1 aliphatic carbocycles. The molecule has 3 nitrogen and oxygen atoms in total. The predicted octanol–water partition coefficient (Wildman–Crippen LogP) is 3.98. The summed E-state index contributed by atoms with van der Waals surface area (Å²) in [5.41, 5.74) is 0.672. The largest absolute Gasteiger partial charge is 0.385 e. The molecular formula is C22H24FNO2. The minimum absolute atomic E-state index is 0.100. The molecule has 1 heterocycles. The van der Waals surface area contributed by atoms with Crippen LogP contribution in [0.3, 0.4) is 0 Å². The Bertz CT molecular complexity index is 776. The highest BCUT2D eigenvalue weighted by Crippen LogP contribution is 2.46. The number of rotatable bonds is 2. The molecule has 2 fully saturated rings. The molecular weight excluding hydrogens is 329 g/mol. The minimum atomic E-state index is -0.875. The first kappa shape index (κ1) is 17.2. The Morgan fingerprint density at radius 3 is 2.50 bits per heavy atom. The van der Waals surface area contributed by atoms with Crippen LogP contribution in [0.1, 0.15) is 41.6 Å². The topological polar surface area (TPSA) is 40.5 Å². The van der Waals surface area contributed by atoms with Gasteiger partial charge in [-0.05, 0) is 67.3 Å². The summed E-state index contributed by atoms with van der Waals surface area (Å²) >= 11 is 0. The van der Waals surface area contributed by atoms with E-state index in [2.05, 4.69) is 0 Å². The Labute approximate surface area is 153 Å².